The average Bonchev–Trinajstić information content (AvgIpc) is 3.35. The van der Waals surface area contributed by atoms with E-state index in [0.717, 1.165) is 0 Å². The van der Waals surface area contributed by atoms with Gasteiger partial charge in [0.25, 0.3) is 0 Å². The Kier molecular flexibility index (Phi) is 7.41. The Bertz CT molecular complexity index is 1100. The van der Waals surface area contributed by atoms with Crippen LogP contribution in [0.1, 0.15) is 39.4 Å². The Morgan fingerprint density at radius 1 is 1.06 bits per heavy atom. The van der Waals surface area contributed by atoms with E-state index >= 15 is 0 Å². The third kappa shape index (κ3) is 6.14. The molecule has 0 amide bonds. The second kappa shape index (κ2) is 10.2. The fourth-order valence-corrected chi connectivity index (χ4v) is 3.49. The number of ether oxygens (including phenoxy) is 3. The molecule has 0 aromatic heterocycles. The molecule has 0 saturated heterocycles. The molecule has 1 aliphatic rings. The van der Waals surface area contributed by atoms with Crippen LogP contribution in [0.5, 0.6) is 11.5 Å². The van der Waals surface area contributed by atoms with Gasteiger partial charge in [-0.15, -0.1) is 0 Å². The molecule has 2 aromatic carbocycles. The number of esters is 2. The Hall–Kier alpha value is -3.77. The lowest BCUT2D eigenvalue weighted by molar-refractivity contribution is -0.149. The first kappa shape index (κ1) is 23.9. The van der Waals surface area contributed by atoms with Gasteiger partial charge in [-0.3, -0.25) is 4.79 Å². The van der Waals surface area contributed by atoms with Gasteiger partial charge < -0.3 is 14.2 Å². The van der Waals surface area contributed by atoms with Crippen LogP contribution in [0.4, 0.5) is 0 Å². The third-order valence-electron chi connectivity index (χ3n) is 5.45. The van der Waals surface area contributed by atoms with Crippen molar-refractivity contribution in [3.05, 3.63) is 60.2 Å². The first-order valence-electron chi connectivity index (χ1n) is 10.8. The van der Waals surface area contributed by atoms with Gasteiger partial charge in [0.05, 0.1) is 12.5 Å². The first-order valence-corrected chi connectivity index (χ1v) is 10.8. The lowest BCUT2D eigenvalue weighted by Gasteiger charge is -2.13. The zero-order valence-electron chi connectivity index (χ0n) is 19.2. The first-order chi connectivity index (χ1) is 15.7. The maximum Gasteiger partial charge on any atom is 0.384 e. The van der Waals surface area contributed by atoms with Gasteiger partial charge in [0.1, 0.15) is 17.6 Å². The van der Waals surface area contributed by atoms with Gasteiger partial charge in [-0.25, -0.2) is 4.79 Å². The minimum Gasteiger partial charge on any atom is -0.457 e. The van der Waals surface area contributed by atoms with Crippen LogP contribution >= 0.6 is 0 Å². The van der Waals surface area contributed by atoms with Crippen LogP contribution in [0.2, 0.25) is 0 Å². The quantitative estimate of drug-likeness (QED) is 0.336. The SMILES string of the molecule is CC(C)COC(=O)C#C[C@H]1[C@@H](C(=O)O[C@H](C#N)c2cccc(Oc3ccccc3)c2)C1(C)C. The topological polar surface area (TPSA) is 85.6 Å². The fourth-order valence-electron chi connectivity index (χ4n) is 3.49. The highest BCUT2D eigenvalue weighted by molar-refractivity contribution is 5.89. The van der Waals surface area contributed by atoms with Crippen molar-refractivity contribution in [2.75, 3.05) is 6.61 Å². The van der Waals surface area contributed by atoms with E-state index in [1.807, 2.05) is 64.1 Å². The van der Waals surface area contributed by atoms with Crippen LogP contribution in [0, 0.1) is 46.3 Å². The minimum absolute atomic E-state index is 0.218. The summed E-state index contributed by atoms with van der Waals surface area (Å²) in [4.78, 5) is 24.6. The smallest absolute Gasteiger partial charge is 0.384 e. The lowest BCUT2D eigenvalue weighted by Crippen LogP contribution is -2.14. The molecule has 6 nitrogen and oxygen atoms in total. The van der Waals surface area contributed by atoms with E-state index in [9.17, 15) is 14.9 Å². The summed E-state index contributed by atoms with van der Waals surface area (Å²) in [7, 11) is 0. The molecule has 0 aliphatic heterocycles. The second-order valence-electron chi connectivity index (χ2n) is 8.97. The number of hydrogen-bond acceptors (Lipinski definition) is 6. The van der Waals surface area contributed by atoms with Crippen LogP contribution in [0.15, 0.2) is 54.6 Å². The summed E-state index contributed by atoms with van der Waals surface area (Å²) >= 11 is 0. The van der Waals surface area contributed by atoms with Crippen LogP contribution in [-0.2, 0) is 19.1 Å². The summed E-state index contributed by atoms with van der Waals surface area (Å²) in [6.07, 6.45) is -1.09. The van der Waals surface area contributed by atoms with E-state index < -0.39 is 29.4 Å². The zero-order chi connectivity index (χ0) is 24.0. The molecule has 0 radical (unpaired) electrons. The number of rotatable bonds is 7. The maximum atomic E-state index is 12.8. The molecule has 0 unspecified atom stereocenters. The van der Waals surface area contributed by atoms with E-state index in [2.05, 4.69) is 11.8 Å². The van der Waals surface area contributed by atoms with E-state index in [1.54, 1.807) is 24.3 Å². The second-order valence-corrected chi connectivity index (χ2v) is 8.97. The molecular weight excluding hydrogens is 418 g/mol. The van der Waals surface area contributed by atoms with Crippen LogP contribution in [-0.4, -0.2) is 18.5 Å². The highest BCUT2D eigenvalue weighted by Crippen LogP contribution is 2.58. The van der Waals surface area contributed by atoms with Gasteiger partial charge in [-0.2, -0.15) is 5.26 Å². The van der Waals surface area contributed by atoms with E-state index in [1.165, 1.54) is 0 Å². The van der Waals surface area contributed by atoms with Gasteiger partial charge in [-0.05, 0) is 35.6 Å². The summed E-state index contributed by atoms with van der Waals surface area (Å²) in [5.74, 6) is 4.73. The predicted octanol–water partition coefficient (Wildman–Crippen LogP) is 5.06. The minimum atomic E-state index is -1.09. The van der Waals surface area contributed by atoms with Crippen molar-refractivity contribution >= 4 is 11.9 Å². The van der Waals surface area contributed by atoms with Crippen molar-refractivity contribution in [1.29, 1.82) is 5.26 Å². The standard InChI is InChI=1S/C27H27NO5/c1-18(2)17-31-24(29)14-13-22-25(27(22,3)4)26(30)33-23(16-28)19-9-8-12-21(15-19)32-20-10-6-5-7-11-20/h5-12,15,18,22-23,25H,17H2,1-4H3/t22-,23+,25-/m0/s1. The molecule has 1 fully saturated rings. The molecule has 170 valence electrons. The normalized spacial score (nSPS) is 18.8. The molecule has 3 atom stereocenters. The number of nitrogens with zero attached hydrogens (tertiary/aromatic N) is 1. The molecule has 0 bridgehead atoms. The summed E-state index contributed by atoms with van der Waals surface area (Å²) in [5, 5.41) is 9.63. The van der Waals surface area contributed by atoms with Crippen molar-refractivity contribution < 1.29 is 23.8 Å². The fraction of sp³-hybridized carbons (Fsp3) is 0.370. The molecular formula is C27H27NO5. The van der Waals surface area contributed by atoms with Gasteiger partial charge in [0.15, 0.2) is 0 Å². The molecule has 33 heavy (non-hydrogen) atoms. The summed E-state index contributed by atoms with van der Waals surface area (Å²) in [6, 6.07) is 18.2. The van der Waals surface area contributed by atoms with Gasteiger partial charge >= 0.3 is 11.9 Å². The van der Waals surface area contributed by atoms with Crippen LogP contribution in [0.25, 0.3) is 0 Å². The van der Waals surface area contributed by atoms with Crippen LogP contribution in [0.3, 0.4) is 0 Å². The number of nitriles is 1. The predicted molar refractivity (Wildman–Crippen MR) is 122 cm³/mol. The maximum absolute atomic E-state index is 12.8. The van der Waals surface area contributed by atoms with Gasteiger partial charge in [0, 0.05) is 17.4 Å². The number of hydrogen-bond donors (Lipinski definition) is 0. The van der Waals surface area contributed by atoms with Gasteiger partial charge in [0.2, 0.25) is 6.10 Å². The molecule has 1 aliphatic carbocycles. The lowest BCUT2D eigenvalue weighted by atomic mass is 10.1. The van der Waals surface area contributed by atoms with E-state index in [-0.39, 0.29) is 11.8 Å². The Morgan fingerprint density at radius 3 is 2.42 bits per heavy atom. The van der Waals surface area contributed by atoms with Crippen molar-refractivity contribution in [3.63, 3.8) is 0 Å². The largest absolute Gasteiger partial charge is 0.457 e. The van der Waals surface area contributed by atoms with Crippen molar-refractivity contribution in [2.24, 2.45) is 23.2 Å². The molecule has 6 heteroatoms. The molecule has 1 saturated carbocycles. The number of carbonyl (C=O) groups excluding carboxylic acids is 2. The van der Waals surface area contributed by atoms with Crippen molar-refractivity contribution in [3.8, 4) is 29.4 Å². The number of para-hydroxylation sites is 1. The van der Waals surface area contributed by atoms with E-state index in [0.29, 0.717) is 23.7 Å². The van der Waals surface area contributed by atoms with Crippen LogP contribution < -0.4 is 4.74 Å². The molecule has 0 N–H and O–H groups in total. The molecule has 0 heterocycles. The zero-order valence-corrected chi connectivity index (χ0v) is 19.2. The van der Waals surface area contributed by atoms with Crippen molar-refractivity contribution in [1.82, 2.24) is 0 Å². The number of benzene rings is 2. The summed E-state index contributed by atoms with van der Waals surface area (Å²) < 4.78 is 16.4. The van der Waals surface area contributed by atoms with Gasteiger partial charge in [-0.1, -0.05) is 63.9 Å². The molecule has 2 aromatic rings. The highest BCUT2D eigenvalue weighted by Gasteiger charge is 2.62. The monoisotopic (exact) mass is 445 g/mol. The molecule has 0 spiro atoms. The Labute approximate surface area is 194 Å². The number of carbonyl (C=O) groups is 2. The third-order valence-corrected chi connectivity index (χ3v) is 5.45. The Balaban J connectivity index is 1.65. The van der Waals surface area contributed by atoms with E-state index in [4.69, 9.17) is 14.2 Å². The van der Waals surface area contributed by atoms with Crippen molar-refractivity contribution in [2.45, 2.75) is 33.8 Å². The summed E-state index contributed by atoms with van der Waals surface area (Å²) in [5.41, 5.74) is 0.0540. The average molecular weight is 446 g/mol. The summed E-state index contributed by atoms with van der Waals surface area (Å²) in [6.45, 7) is 7.93. The molecule has 3 rings (SSSR count). The highest BCUT2D eigenvalue weighted by atomic mass is 16.5. The Morgan fingerprint density at radius 2 is 1.76 bits per heavy atom.